The summed E-state index contributed by atoms with van der Waals surface area (Å²) in [7, 11) is -5.39. The number of aliphatic hydroxyl groups is 1. The molecule has 0 saturated heterocycles. The van der Waals surface area contributed by atoms with Gasteiger partial charge in [0.15, 0.2) is 8.32 Å². The van der Waals surface area contributed by atoms with E-state index in [1.807, 2.05) is 6.92 Å². The highest BCUT2D eigenvalue weighted by molar-refractivity contribution is 7.95. The van der Waals surface area contributed by atoms with Crippen LogP contribution in [0.15, 0.2) is 46.2 Å². The van der Waals surface area contributed by atoms with E-state index in [1.54, 1.807) is 36.4 Å². The van der Waals surface area contributed by atoms with Gasteiger partial charge in [0, 0.05) is 17.2 Å². The molecular weight excluding hydrogens is 364 g/mol. The SMILES string of the molecule is CC[Si](CC)(CC)O[C@H]1CC=C(S(=O)(=O)c2ccccc2)C[C@H](O)[C@@H]1C. The van der Waals surface area contributed by atoms with Gasteiger partial charge in [0.2, 0.25) is 9.84 Å². The van der Waals surface area contributed by atoms with Gasteiger partial charge in [-0.05, 0) is 36.7 Å². The third-order valence-electron chi connectivity index (χ3n) is 5.91. The van der Waals surface area contributed by atoms with Gasteiger partial charge in [-0.1, -0.05) is 52.0 Å². The smallest absolute Gasteiger partial charge is 0.202 e. The van der Waals surface area contributed by atoms with Crippen LogP contribution in [0.3, 0.4) is 0 Å². The molecule has 146 valence electrons. The Bertz CT molecular complexity index is 702. The Kier molecular flexibility index (Phi) is 7.24. The molecule has 1 aromatic carbocycles. The molecule has 1 aliphatic carbocycles. The van der Waals surface area contributed by atoms with Gasteiger partial charge >= 0.3 is 0 Å². The van der Waals surface area contributed by atoms with Crippen LogP contribution < -0.4 is 0 Å². The predicted molar refractivity (Wildman–Crippen MR) is 108 cm³/mol. The molecule has 2 rings (SSSR count). The molecule has 0 spiro atoms. The maximum Gasteiger partial charge on any atom is 0.202 e. The average Bonchev–Trinajstić information content (AvgIpc) is 2.80. The van der Waals surface area contributed by atoms with Gasteiger partial charge in [0.25, 0.3) is 0 Å². The second-order valence-corrected chi connectivity index (χ2v) is 14.0. The first-order chi connectivity index (χ1) is 12.3. The van der Waals surface area contributed by atoms with Gasteiger partial charge in [0.05, 0.1) is 17.1 Å². The molecule has 1 aliphatic rings. The van der Waals surface area contributed by atoms with Crippen LogP contribution in [0.4, 0.5) is 0 Å². The van der Waals surface area contributed by atoms with Crippen molar-refractivity contribution in [3.05, 3.63) is 41.3 Å². The van der Waals surface area contributed by atoms with Crippen molar-refractivity contribution in [3.8, 4) is 0 Å². The molecule has 0 aliphatic heterocycles. The Hall–Kier alpha value is -0.953. The van der Waals surface area contributed by atoms with Gasteiger partial charge in [-0.15, -0.1) is 0 Å². The van der Waals surface area contributed by atoms with E-state index in [4.69, 9.17) is 4.43 Å². The van der Waals surface area contributed by atoms with Crippen molar-refractivity contribution in [2.75, 3.05) is 0 Å². The lowest BCUT2D eigenvalue weighted by atomic mass is 9.97. The van der Waals surface area contributed by atoms with E-state index in [1.165, 1.54) is 0 Å². The number of hydrogen-bond donors (Lipinski definition) is 1. The van der Waals surface area contributed by atoms with Crippen LogP contribution >= 0.6 is 0 Å². The van der Waals surface area contributed by atoms with Crippen LogP contribution in [0.5, 0.6) is 0 Å². The van der Waals surface area contributed by atoms with E-state index in [-0.39, 0.29) is 23.3 Å². The van der Waals surface area contributed by atoms with Gasteiger partial charge in [0.1, 0.15) is 0 Å². The Morgan fingerprint density at radius 1 is 1.12 bits per heavy atom. The van der Waals surface area contributed by atoms with Crippen LogP contribution in [0.1, 0.15) is 40.5 Å². The largest absolute Gasteiger partial charge is 0.413 e. The predicted octanol–water partition coefficient (Wildman–Crippen LogP) is 4.53. The van der Waals surface area contributed by atoms with E-state index in [2.05, 4.69) is 20.8 Å². The fraction of sp³-hybridized carbons (Fsp3) is 0.600. The molecule has 0 unspecified atom stereocenters. The summed E-state index contributed by atoms with van der Waals surface area (Å²) in [5, 5.41) is 10.7. The van der Waals surface area contributed by atoms with Crippen molar-refractivity contribution in [2.45, 2.75) is 75.8 Å². The first kappa shape index (κ1) is 21.3. The summed E-state index contributed by atoms with van der Waals surface area (Å²) in [4.78, 5) is 0.593. The van der Waals surface area contributed by atoms with E-state index in [9.17, 15) is 13.5 Å². The topological polar surface area (TPSA) is 63.6 Å². The van der Waals surface area contributed by atoms with Crippen LogP contribution in [0, 0.1) is 5.92 Å². The van der Waals surface area contributed by atoms with E-state index in [0.29, 0.717) is 11.3 Å². The number of rotatable bonds is 7. The summed E-state index contributed by atoms with van der Waals surface area (Å²) in [5.41, 5.74) is 0. The molecule has 0 bridgehead atoms. The van der Waals surface area contributed by atoms with Crippen molar-refractivity contribution in [2.24, 2.45) is 5.92 Å². The summed E-state index contributed by atoms with van der Waals surface area (Å²) >= 11 is 0. The standard InChI is InChI=1S/C20H32O4SSi/c1-5-26(6-2,7-3)24-20-14-13-18(15-19(21)16(20)4)25(22,23)17-11-9-8-10-12-17/h8-13,16,19-21H,5-7,14-15H2,1-4H3/t16-,19-,20-/m0/s1. The molecule has 1 N–H and O–H groups in total. The number of hydrogen-bond acceptors (Lipinski definition) is 4. The monoisotopic (exact) mass is 396 g/mol. The Balaban J connectivity index is 2.30. The van der Waals surface area contributed by atoms with Crippen LogP contribution in [0.25, 0.3) is 0 Å². The third kappa shape index (κ3) is 4.47. The number of sulfone groups is 1. The molecule has 3 atom stereocenters. The number of aliphatic hydroxyl groups excluding tert-OH is 1. The zero-order valence-corrected chi connectivity index (χ0v) is 18.1. The minimum Gasteiger partial charge on any atom is -0.413 e. The Morgan fingerprint density at radius 3 is 2.23 bits per heavy atom. The fourth-order valence-electron chi connectivity index (χ4n) is 3.63. The molecular formula is C20H32O4SSi. The zero-order valence-electron chi connectivity index (χ0n) is 16.3. The third-order valence-corrected chi connectivity index (χ3v) is 12.5. The van der Waals surface area contributed by atoms with Crippen molar-refractivity contribution in [1.82, 2.24) is 0 Å². The maximum absolute atomic E-state index is 12.9. The molecule has 26 heavy (non-hydrogen) atoms. The highest BCUT2D eigenvalue weighted by Gasteiger charge is 2.38. The minimum atomic E-state index is -3.57. The van der Waals surface area contributed by atoms with Crippen molar-refractivity contribution < 1.29 is 18.0 Å². The normalized spacial score (nSPS) is 24.8. The second kappa shape index (κ2) is 8.82. The number of benzene rings is 1. The zero-order chi connectivity index (χ0) is 19.4. The van der Waals surface area contributed by atoms with E-state index < -0.39 is 24.3 Å². The lowest BCUT2D eigenvalue weighted by molar-refractivity contribution is 0.0362. The Labute approximate surface area is 159 Å². The average molecular weight is 397 g/mol. The minimum absolute atomic E-state index is 0.0914. The summed E-state index contributed by atoms with van der Waals surface area (Å²) in [6.07, 6.45) is 1.62. The summed E-state index contributed by atoms with van der Waals surface area (Å²) < 4.78 is 32.5. The molecule has 0 heterocycles. The Morgan fingerprint density at radius 2 is 1.69 bits per heavy atom. The van der Waals surface area contributed by atoms with Gasteiger partial charge in [-0.2, -0.15) is 0 Å². The van der Waals surface area contributed by atoms with Gasteiger partial charge in [-0.25, -0.2) is 8.42 Å². The molecule has 1 aromatic rings. The van der Waals surface area contributed by atoms with Crippen LogP contribution in [-0.4, -0.2) is 34.0 Å². The highest BCUT2D eigenvalue weighted by atomic mass is 32.2. The van der Waals surface area contributed by atoms with Gasteiger partial charge < -0.3 is 9.53 Å². The fourth-order valence-corrected chi connectivity index (χ4v) is 8.11. The van der Waals surface area contributed by atoms with Gasteiger partial charge in [-0.3, -0.25) is 0 Å². The van der Waals surface area contributed by atoms with Crippen LogP contribution in [0.2, 0.25) is 18.1 Å². The molecule has 0 aromatic heterocycles. The molecule has 0 saturated carbocycles. The summed E-state index contributed by atoms with van der Waals surface area (Å²) in [6, 6.07) is 11.6. The van der Waals surface area contributed by atoms with Crippen LogP contribution in [-0.2, 0) is 14.3 Å². The first-order valence-corrected chi connectivity index (χ1v) is 13.7. The molecule has 6 heteroatoms. The van der Waals surface area contributed by atoms with E-state index in [0.717, 1.165) is 18.1 Å². The molecule has 0 amide bonds. The quantitative estimate of drug-likeness (QED) is 0.688. The summed E-state index contributed by atoms with van der Waals surface area (Å²) in [5.74, 6) is -0.0914. The van der Waals surface area contributed by atoms with Crippen molar-refractivity contribution in [3.63, 3.8) is 0 Å². The summed E-state index contributed by atoms with van der Waals surface area (Å²) in [6.45, 7) is 8.51. The lowest BCUT2D eigenvalue weighted by Gasteiger charge is -2.36. The molecule has 4 nitrogen and oxygen atoms in total. The first-order valence-electron chi connectivity index (χ1n) is 9.64. The molecule has 0 radical (unpaired) electrons. The highest BCUT2D eigenvalue weighted by Crippen LogP contribution is 2.34. The lowest BCUT2D eigenvalue weighted by Crippen LogP contribution is -2.43. The van der Waals surface area contributed by atoms with Crippen molar-refractivity contribution in [1.29, 1.82) is 0 Å². The van der Waals surface area contributed by atoms with E-state index >= 15 is 0 Å². The molecule has 0 fully saturated rings. The van der Waals surface area contributed by atoms with Crippen molar-refractivity contribution >= 4 is 18.2 Å². The maximum atomic E-state index is 12.9. The second-order valence-electron chi connectivity index (χ2n) is 7.25.